The van der Waals surface area contributed by atoms with E-state index in [1.54, 1.807) is 21.7 Å². The first-order valence-electron chi connectivity index (χ1n) is 10.8. The van der Waals surface area contributed by atoms with Crippen LogP contribution in [-0.2, 0) is 11.3 Å². The Morgan fingerprint density at radius 1 is 1.21 bits per heavy atom. The summed E-state index contributed by atoms with van der Waals surface area (Å²) in [4.78, 5) is 14.3. The van der Waals surface area contributed by atoms with Gasteiger partial charge >= 0.3 is 13.4 Å². The highest BCUT2D eigenvalue weighted by atomic mass is 16.6. The summed E-state index contributed by atoms with van der Waals surface area (Å²) in [5.74, 6) is 0.481. The van der Waals surface area contributed by atoms with E-state index >= 15 is 0 Å². The van der Waals surface area contributed by atoms with Crippen LogP contribution in [0.2, 0.25) is 0 Å². The van der Waals surface area contributed by atoms with E-state index in [1.165, 1.54) is 12.1 Å². The van der Waals surface area contributed by atoms with Crippen molar-refractivity contribution in [2.24, 2.45) is 0 Å². The van der Waals surface area contributed by atoms with Gasteiger partial charge in [-0.2, -0.15) is 10.4 Å². The molecule has 10 nitrogen and oxygen atoms in total. The molecule has 1 saturated heterocycles. The Balaban J connectivity index is 1.49. The molecule has 1 aliphatic heterocycles. The Hall–Kier alpha value is -4.01. The van der Waals surface area contributed by atoms with Crippen molar-refractivity contribution in [3.63, 3.8) is 0 Å². The van der Waals surface area contributed by atoms with Gasteiger partial charge < -0.3 is 30.1 Å². The van der Waals surface area contributed by atoms with Crippen molar-refractivity contribution in [1.29, 1.82) is 5.26 Å². The number of nitrogens with zero attached hydrogens (tertiary/aromatic N) is 4. The number of carbonyl (C=O) groups excluding carboxylic acids is 1. The molecule has 0 saturated carbocycles. The second-order valence-electron chi connectivity index (χ2n) is 7.92. The zero-order chi connectivity index (χ0) is 24.1. The Bertz CT molecular complexity index is 1180. The summed E-state index contributed by atoms with van der Waals surface area (Å²) in [5.41, 5.74) is 8.46. The maximum absolute atomic E-state index is 12.6. The molecule has 4 rings (SSSR count). The molecular weight excluding hydrogens is 437 g/mol. The number of piperidine rings is 1. The summed E-state index contributed by atoms with van der Waals surface area (Å²) in [7, 11) is -1.93. The van der Waals surface area contributed by atoms with Crippen LogP contribution < -0.4 is 10.4 Å². The van der Waals surface area contributed by atoms with Gasteiger partial charge in [-0.3, -0.25) is 0 Å². The third kappa shape index (κ3) is 5.14. The van der Waals surface area contributed by atoms with Gasteiger partial charge in [0, 0.05) is 18.7 Å². The molecule has 3 aromatic rings. The highest BCUT2D eigenvalue weighted by molar-refractivity contribution is 6.33. The minimum absolute atomic E-state index is 0.195. The molecule has 174 valence electrons. The highest BCUT2D eigenvalue weighted by Crippen LogP contribution is 2.32. The first-order valence-corrected chi connectivity index (χ1v) is 10.8. The second kappa shape index (κ2) is 10.3. The standard InChI is InChI=1S/C23H24BN5O5/c25-13-20-21(17-8-10-19(11-9-17)34-24(31)32)27-29(22(20)26)18-7-4-12-28(14-18)23(30)33-15-16-5-2-1-3-6-16/h1-3,5-6,8-11,18,31-32H,4,7,12,14-15,26H2. The molecule has 1 amide bonds. The maximum atomic E-state index is 12.6. The minimum Gasteiger partial charge on any atom is -0.512 e. The van der Waals surface area contributed by atoms with E-state index in [4.69, 9.17) is 25.2 Å². The molecule has 11 heteroatoms. The van der Waals surface area contributed by atoms with Crippen molar-refractivity contribution in [1.82, 2.24) is 14.7 Å². The number of rotatable bonds is 6. The molecule has 0 aliphatic carbocycles. The number of hydrogen-bond acceptors (Lipinski definition) is 8. The van der Waals surface area contributed by atoms with Crippen molar-refractivity contribution >= 4 is 19.2 Å². The first kappa shape index (κ1) is 23.2. The molecule has 1 aromatic heterocycles. The summed E-state index contributed by atoms with van der Waals surface area (Å²) >= 11 is 0. The van der Waals surface area contributed by atoms with Crippen molar-refractivity contribution < 1.29 is 24.2 Å². The summed E-state index contributed by atoms with van der Waals surface area (Å²) in [6, 6.07) is 17.8. The van der Waals surface area contributed by atoms with Crippen LogP contribution in [0.3, 0.4) is 0 Å². The molecule has 1 fully saturated rings. The number of nitriles is 1. The van der Waals surface area contributed by atoms with Gasteiger partial charge in [-0.15, -0.1) is 0 Å². The number of anilines is 1. The van der Waals surface area contributed by atoms with Crippen LogP contribution >= 0.6 is 0 Å². The summed E-state index contributed by atoms with van der Waals surface area (Å²) in [5, 5.41) is 32.2. The summed E-state index contributed by atoms with van der Waals surface area (Å²) in [6.07, 6.45) is 1.10. The van der Waals surface area contributed by atoms with E-state index in [9.17, 15) is 10.1 Å². The molecule has 1 aliphatic rings. The van der Waals surface area contributed by atoms with Crippen LogP contribution in [0.15, 0.2) is 54.6 Å². The van der Waals surface area contributed by atoms with Gasteiger partial charge in [0.05, 0.1) is 6.04 Å². The Morgan fingerprint density at radius 2 is 1.94 bits per heavy atom. The lowest BCUT2D eigenvalue weighted by Gasteiger charge is -2.32. The van der Waals surface area contributed by atoms with Gasteiger partial charge in [-0.1, -0.05) is 30.3 Å². The monoisotopic (exact) mass is 461 g/mol. The number of amides is 1. The molecule has 2 aromatic carbocycles. The maximum Gasteiger partial charge on any atom is 0.707 e. The normalized spacial score (nSPS) is 15.4. The van der Waals surface area contributed by atoms with Gasteiger partial charge in [-0.05, 0) is 42.7 Å². The molecule has 0 spiro atoms. The van der Waals surface area contributed by atoms with Crippen LogP contribution in [0, 0.1) is 11.3 Å². The topological polar surface area (TPSA) is 147 Å². The molecule has 2 heterocycles. The summed E-state index contributed by atoms with van der Waals surface area (Å²) < 4.78 is 11.9. The molecule has 1 atom stereocenters. The van der Waals surface area contributed by atoms with Gasteiger partial charge in [0.25, 0.3) is 0 Å². The van der Waals surface area contributed by atoms with E-state index in [1.807, 2.05) is 30.3 Å². The Labute approximate surface area is 196 Å². The van der Waals surface area contributed by atoms with Gasteiger partial charge in [0.2, 0.25) is 0 Å². The van der Waals surface area contributed by atoms with Crippen molar-refractivity contribution in [2.45, 2.75) is 25.5 Å². The van der Waals surface area contributed by atoms with Gasteiger partial charge in [0.1, 0.15) is 35.5 Å². The molecule has 34 heavy (non-hydrogen) atoms. The van der Waals surface area contributed by atoms with Crippen LogP contribution in [0.25, 0.3) is 11.3 Å². The zero-order valence-corrected chi connectivity index (χ0v) is 18.4. The highest BCUT2D eigenvalue weighted by Gasteiger charge is 2.29. The third-order valence-corrected chi connectivity index (χ3v) is 5.63. The lowest BCUT2D eigenvalue weighted by atomic mass is 10.1. The predicted octanol–water partition coefficient (Wildman–Crippen LogP) is 2.33. The number of hydrogen-bond donors (Lipinski definition) is 3. The molecule has 0 radical (unpaired) electrons. The fourth-order valence-corrected chi connectivity index (χ4v) is 3.98. The van der Waals surface area contributed by atoms with E-state index in [0.29, 0.717) is 24.3 Å². The quantitative estimate of drug-likeness (QED) is 0.474. The number of ether oxygens (including phenoxy) is 1. The molecular formula is C23H24BN5O5. The minimum atomic E-state index is -1.93. The number of aromatic nitrogens is 2. The summed E-state index contributed by atoms with van der Waals surface area (Å²) in [6.45, 7) is 1.13. The Kier molecular flexibility index (Phi) is 7.01. The smallest absolute Gasteiger partial charge is 0.512 e. The largest absolute Gasteiger partial charge is 0.707 e. The average Bonchev–Trinajstić information content (AvgIpc) is 3.19. The molecule has 0 bridgehead atoms. The van der Waals surface area contributed by atoms with Gasteiger partial charge in [-0.25, -0.2) is 9.48 Å². The van der Waals surface area contributed by atoms with E-state index in [0.717, 1.165) is 18.4 Å². The molecule has 4 N–H and O–H groups in total. The lowest BCUT2D eigenvalue weighted by molar-refractivity contribution is 0.0791. The predicted molar refractivity (Wildman–Crippen MR) is 124 cm³/mol. The average molecular weight is 461 g/mol. The van der Waals surface area contributed by atoms with Crippen molar-refractivity contribution in [2.75, 3.05) is 18.8 Å². The fourth-order valence-electron chi connectivity index (χ4n) is 3.98. The van der Waals surface area contributed by atoms with E-state index in [2.05, 4.69) is 11.2 Å². The van der Waals surface area contributed by atoms with Crippen LogP contribution in [0.1, 0.15) is 30.0 Å². The number of likely N-dealkylation sites (tertiary alicyclic amines) is 1. The lowest BCUT2D eigenvalue weighted by Crippen LogP contribution is -2.41. The SMILES string of the molecule is N#Cc1c(-c2ccc(OB(O)O)cc2)nn(C2CCCN(C(=O)OCc3ccccc3)C2)c1N. The molecule has 1 unspecified atom stereocenters. The van der Waals surface area contributed by atoms with Crippen molar-refractivity contribution in [3.8, 4) is 23.1 Å². The number of benzene rings is 2. The third-order valence-electron chi connectivity index (χ3n) is 5.63. The van der Waals surface area contributed by atoms with E-state index < -0.39 is 13.4 Å². The Morgan fingerprint density at radius 3 is 2.62 bits per heavy atom. The zero-order valence-electron chi connectivity index (χ0n) is 18.4. The fraction of sp³-hybridized carbons (Fsp3) is 0.261. The van der Waals surface area contributed by atoms with Crippen molar-refractivity contribution in [3.05, 3.63) is 65.7 Å². The second-order valence-corrected chi connectivity index (χ2v) is 7.92. The van der Waals surface area contributed by atoms with E-state index in [-0.39, 0.29) is 29.8 Å². The first-order chi connectivity index (χ1) is 16.5. The van der Waals surface area contributed by atoms with Gasteiger partial charge in [0.15, 0.2) is 0 Å². The number of nitrogens with two attached hydrogens (primary N) is 1. The van der Waals surface area contributed by atoms with Crippen LogP contribution in [0.5, 0.6) is 5.75 Å². The number of nitrogen functional groups attached to an aromatic ring is 1. The van der Waals surface area contributed by atoms with Crippen LogP contribution in [0.4, 0.5) is 10.6 Å². The number of carbonyl (C=O) groups is 1. The van der Waals surface area contributed by atoms with Crippen LogP contribution in [-0.4, -0.2) is 51.2 Å².